The molecule has 0 aromatic heterocycles. The number of fused-ring (bicyclic) bond motifs is 1. The van der Waals surface area contributed by atoms with Crippen LogP contribution in [0.3, 0.4) is 0 Å². The highest BCUT2D eigenvalue weighted by Crippen LogP contribution is 2.35. The van der Waals surface area contributed by atoms with Crippen LogP contribution in [0.4, 0.5) is 5.69 Å². The lowest BCUT2D eigenvalue weighted by Crippen LogP contribution is -2.46. The number of nitrogens with one attached hydrogen (secondary N) is 1. The predicted octanol–water partition coefficient (Wildman–Crippen LogP) is 5.59. The van der Waals surface area contributed by atoms with Gasteiger partial charge in [0.15, 0.2) is 5.78 Å². The molecule has 1 amide bonds. The molecule has 1 heterocycles. The fourth-order valence-corrected chi connectivity index (χ4v) is 6.40. The second-order valence-electron chi connectivity index (χ2n) is 11.9. The second kappa shape index (κ2) is 13.6. The normalized spacial score (nSPS) is 31.1. The molecule has 1 aromatic carbocycles. The number of allylic oxidation sites excluding steroid dienone is 4. The zero-order valence-electron chi connectivity index (χ0n) is 24.6. The topological polar surface area (TPSA) is 109 Å². The SMILES string of the molecule is CCC1CCC(=N)C(C(N)=O)C(=O)/C2=C/CCC(=Nc3ccc(CCN4CC(C)OC(C)C4)cc3)C(C)CC=C21. The summed E-state index contributed by atoms with van der Waals surface area (Å²) >= 11 is 0. The Hall–Kier alpha value is -2.90. The van der Waals surface area contributed by atoms with Crippen molar-refractivity contribution in [2.75, 3.05) is 19.6 Å². The van der Waals surface area contributed by atoms with Gasteiger partial charge in [-0.15, -0.1) is 0 Å². The standard InChI is InChI=1S/C33H46N4O3/c1-5-25-12-16-29(34)31(33(35)39)32(38)28-7-6-8-30(21(2)9-15-27(25)28)36-26-13-10-24(11-14-26)17-18-37-19-22(3)40-23(4)20-37/h7,10-11,13-15,21-23,25,31,34H,5-6,8-9,12,16-20H2,1-4H3,(H2,35,39)/b27-15?,28-7+,34-29?,36-30?. The Morgan fingerprint density at radius 2 is 1.80 bits per heavy atom. The highest BCUT2D eigenvalue weighted by Gasteiger charge is 2.36. The number of nitrogens with two attached hydrogens (primary N) is 1. The Morgan fingerprint density at radius 1 is 1.10 bits per heavy atom. The third kappa shape index (κ3) is 7.43. The van der Waals surface area contributed by atoms with Crippen molar-refractivity contribution in [2.24, 2.45) is 28.5 Å². The molecule has 3 N–H and O–H groups in total. The first-order valence-corrected chi connectivity index (χ1v) is 15.0. The molecule has 7 nitrogen and oxygen atoms in total. The van der Waals surface area contributed by atoms with E-state index in [2.05, 4.69) is 62.9 Å². The van der Waals surface area contributed by atoms with Crippen molar-refractivity contribution in [2.45, 2.75) is 84.8 Å². The molecule has 2 aliphatic carbocycles. The number of nitrogens with zero attached hydrogens (tertiary/aromatic N) is 2. The third-order valence-electron chi connectivity index (χ3n) is 8.60. The van der Waals surface area contributed by atoms with Crippen molar-refractivity contribution in [3.8, 4) is 0 Å². The molecule has 5 atom stereocenters. The number of rotatable bonds is 6. The van der Waals surface area contributed by atoms with Crippen molar-refractivity contribution in [3.05, 3.63) is 53.1 Å². The molecule has 40 heavy (non-hydrogen) atoms. The van der Waals surface area contributed by atoms with Crippen LogP contribution < -0.4 is 5.73 Å². The van der Waals surface area contributed by atoms with Crippen LogP contribution in [0.25, 0.3) is 0 Å². The van der Waals surface area contributed by atoms with Crippen molar-refractivity contribution in [1.82, 2.24) is 4.90 Å². The van der Waals surface area contributed by atoms with Crippen LogP contribution in [0.2, 0.25) is 0 Å². The summed E-state index contributed by atoms with van der Waals surface area (Å²) in [6.45, 7) is 11.6. The van der Waals surface area contributed by atoms with Crippen LogP contribution in [0.5, 0.6) is 0 Å². The molecule has 0 radical (unpaired) electrons. The number of ether oxygens (including phenoxy) is 1. The maximum atomic E-state index is 13.5. The average Bonchev–Trinajstić information content (AvgIpc) is 2.97. The van der Waals surface area contributed by atoms with Gasteiger partial charge in [-0.1, -0.05) is 38.1 Å². The first kappa shape index (κ1) is 30.1. The quantitative estimate of drug-likeness (QED) is 0.453. The second-order valence-corrected chi connectivity index (χ2v) is 11.9. The molecule has 1 aromatic rings. The van der Waals surface area contributed by atoms with Crippen molar-refractivity contribution in [1.29, 1.82) is 5.41 Å². The fourth-order valence-electron chi connectivity index (χ4n) is 6.40. The Bertz CT molecular complexity index is 1170. The van der Waals surface area contributed by atoms with E-state index < -0.39 is 11.8 Å². The molecule has 5 unspecified atom stereocenters. The highest BCUT2D eigenvalue weighted by atomic mass is 16.5. The van der Waals surface area contributed by atoms with E-state index in [-0.39, 0.29) is 35.5 Å². The molecule has 4 rings (SSSR count). The van der Waals surface area contributed by atoms with Gasteiger partial charge in [-0.25, -0.2) is 0 Å². The molecule has 1 aliphatic heterocycles. The fraction of sp³-hybridized carbons (Fsp3) is 0.576. The Morgan fingerprint density at radius 3 is 2.45 bits per heavy atom. The van der Waals surface area contributed by atoms with E-state index in [1.807, 2.05) is 6.08 Å². The summed E-state index contributed by atoms with van der Waals surface area (Å²) in [5, 5.41) is 8.36. The van der Waals surface area contributed by atoms with Crippen molar-refractivity contribution in [3.63, 3.8) is 0 Å². The molecule has 7 heteroatoms. The van der Waals surface area contributed by atoms with E-state index in [0.717, 1.165) is 68.7 Å². The lowest BCUT2D eigenvalue weighted by Gasteiger charge is -2.35. The van der Waals surface area contributed by atoms with Gasteiger partial charge < -0.3 is 15.9 Å². The first-order chi connectivity index (χ1) is 19.2. The zero-order chi connectivity index (χ0) is 28.8. The van der Waals surface area contributed by atoms with E-state index in [0.29, 0.717) is 18.4 Å². The minimum Gasteiger partial charge on any atom is -0.373 e. The number of primary amides is 1. The van der Waals surface area contributed by atoms with Gasteiger partial charge in [0.1, 0.15) is 5.92 Å². The van der Waals surface area contributed by atoms with Crippen LogP contribution in [-0.2, 0) is 20.7 Å². The molecular formula is C33H46N4O3. The van der Waals surface area contributed by atoms with Crippen LogP contribution in [0.15, 0.2) is 52.6 Å². The van der Waals surface area contributed by atoms with Crippen LogP contribution in [0.1, 0.15) is 71.8 Å². The Kier molecular flexibility index (Phi) is 10.3. The van der Waals surface area contributed by atoms with E-state index >= 15 is 0 Å². The molecule has 1 saturated carbocycles. The first-order valence-electron chi connectivity index (χ1n) is 15.0. The monoisotopic (exact) mass is 546 g/mol. The summed E-state index contributed by atoms with van der Waals surface area (Å²) in [6, 6.07) is 8.58. The summed E-state index contributed by atoms with van der Waals surface area (Å²) < 4.78 is 5.86. The van der Waals surface area contributed by atoms with Crippen molar-refractivity contribution < 1.29 is 14.3 Å². The number of carbonyl (C=O) groups is 2. The molecule has 3 aliphatic rings. The molecular weight excluding hydrogens is 500 g/mol. The van der Waals surface area contributed by atoms with Gasteiger partial charge in [0.25, 0.3) is 0 Å². The average molecular weight is 547 g/mol. The minimum atomic E-state index is -1.16. The smallest absolute Gasteiger partial charge is 0.234 e. The van der Waals surface area contributed by atoms with Crippen LogP contribution in [-0.4, -0.2) is 59.9 Å². The number of amides is 1. The van der Waals surface area contributed by atoms with E-state index in [9.17, 15) is 9.59 Å². The number of hydrogen-bond acceptors (Lipinski definition) is 6. The van der Waals surface area contributed by atoms with E-state index in [4.69, 9.17) is 20.9 Å². The molecule has 0 bridgehead atoms. The molecule has 1 saturated heterocycles. The highest BCUT2D eigenvalue weighted by molar-refractivity contribution is 6.25. The number of aliphatic imine (C=N–C) groups is 1. The number of Topliss-reactive ketones (excluding diaryl/α,β-unsaturated/α-hetero) is 1. The summed E-state index contributed by atoms with van der Waals surface area (Å²) in [7, 11) is 0. The van der Waals surface area contributed by atoms with E-state index in [1.54, 1.807) is 0 Å². The molecule has 0 spiro atoms. The lowest BCUT2D eigenvalue weighted by atomic mass is 9.75. The van der Waals surface area contributed by atoms with Crippen LogP contribution >= 0.6 is 0 Å². The number of morpholine rings is 1. The summed E-state index contributed by atoms with van der Waals surface area (Å²) in [4.78, 5) is 33.2. The van der Waals surface area contributed by atoms with Gasteiger partial charge in [0, 0.05) is 36.6 Å². The number of benzene rings is 1. The summed E-state index contributed by atoms with van der Waals surface area (Å²) in [5.74, 6) is -1.78. The zero-order valence-corrected chi connectivity index (χ0v) is 24.6. The predicted molar refractivity (Wildman–Crippen MR) is 161 cm³/mol. The van der Waals surface area contributed by atoms with Gasteiger partial charge in [0.2, 0.25) is 5.91 Å². The van der Waals surface area contributed by atoms with E-state index in [1.165, 1.54) is 5.56 Å². The Balaban J connectivity index is 1.49. The minimum absolute atomic E-state index is 0.143. The summed E-state index contributed by atoms with van der Waals surface area (Å²) in [5.41, 5.74) is 10.7. The van der Waals surface area contributed by atoms with Gasteiger partial charge in [-0.3, -0.25) is 19.5 Å². The number of ketones is 1. The maximum Gasteiger partial charge on any atom is 0.234 e. The molecule has 2 fully saturated rings. The van der Waals surface area contributed by atoms with Gasteiger partial charge in [-0.2, -0.15) is 0 Å². The largest absolute Gasteiger partial charge is 0.373 e. The van der Waals surface area contributed by atoms with Crippen LogP contribution in [0, 0.1) is 23.2 Å². The van der Waals surface area contributed by atoms with Gasteiger partial charge >= 0.3 is 0 Å². The van der Waals surface area contributed by atoms with Gasteiger partial charge in [-0.05, 0) is 93.9 Å². The third-order valence-corrected chi connectivity index (χ3v) is 8.60. The number of carbonyl (C=O) groups excluding carboxylic acids is 2. The summed E-state index contributed by atoms with van der Waals surface area (Å²) in [6.07, 6.45) is 9.96. The van der Waals surface area contributed by atoms with Crippen molar-refractivity contribution >= 4 is 28.8 Å². The maximum absolute atomic E-state index is 13.5. The lowest BCUT2D eigenvalue weighted by molar-refractivity contribution is -0.127. The molecule has 216 valence electrons. The number of hydrogen-bond donors (Lipinski definition) is 2. The van der Waals surface area contributed by atoms with Gasteiger partial charge in [0.05, 0.1) is 17.9 Å². The Labute approximate surface area is 239 Å².